The van der Waals surface area contributed by atoms with Gasteiger partial charge < -0.3 is 9.53 Å². The number of methoxy groups -OCH3 is 1. The van der Waals surface area contributed by atoms with Gasteiger partial charge in [0.15, 0.2) is 0 Å². The molecule has 3 heteroatoms. The van der Waals surface area contributed by atoms with Crippen LogP contribution in [0.4, 0.5) is 0 Å². The Morgan fingerprint density at radius 1 is 1.57 bits per heavy atom. The van der Waals surface area contributed by atoms with Gasteiger partial charge in [-0.2, -0.15) is 0 Å². The van der Waals surface area contributed by atoms with Crippen LogP contribution in [0.3, 0.4) is 0 Å². The van der Waals surface area contributed by atoms with E-state index in [-0.39, 0.29) is 5.92 Å². The maximum atomic E-state index is 10.8. The zero-order valence-electron chi connectivity index (χ0n) is 8.29. The van der Waals surface area contributed by atoms with E-state index in [1.165, 1.54) is 0 Å². The monoisotopic (exact) mass is 256 g/mol. The van der Waals surface area contributed by atoms with Crippen LogP contribution < -0.4 is 4.74 Å². The highest BCUT2D eigenvalue weighted by molar-refractivity contribution is 9.08. The lowest BCUT2D eigenvalue weighted by Crippen LogP contribution is -2.02. The van der Waals surface area contributed by atoms with Gasteiger partial charge in [-0.05, 0) is 11.6 Å². The van der Waals surface area contributed by atoms with Gasteiger partial charge in [0.25, 0.3) is 0 Å². The lowest BCUT2D eigenvalue weighted by atomic mass is 9.96. The minimum absolute atomic E-state index is 0.126. The number of carbonyl (C=O) groups excluding carboxylic acids is 1. The Morgan fingerprint density at radius 3 is 2.79 bits per heavy atom. The van der Waals surface area contributed by atoms with Gasteiger partial charge in [-0.1, -0.05) is 35.0 Å². The van der Waals surface area contributed by atoms with Crippen molar-refractivity contribution in [3.05, 3.63) is 29.3 Å². The third-order valence-corrected chi connectivity index (χ3v) is 2.78. The predicted octanol–water partition coefficient (Wildman–Crippen LogP) is 2.89. The summed E-state index contributed by atoms with van der Waals surface area (Å²) in [5.41, 5.74) is 2.07. The van der Waals surface area contributed by atoms with E-state index < -0.39 is 0 Å². The van der Waals surface area contributed by atoms with Gasteiger partial charge in [-0.25, -0.2) is 0 Å². The van der Waals surface area contributed by atoms with Crippen molar-refractivity contribution in [2.45, 2.75) is 18.2 Å². The van der Waals surface area contributed by atoms with Gasteiger partial charge in [0, 0.05) is 16.8 Å². The molecule has 2 nitrogen and oxygen atoms in total. The average Bonchev–Trinajstić information content (AvgIpc) is 2.26. The van der Waals surface area contributed by atoms with Crippen molar-refractivity contribution in [2.24, 2.45) is 0 Å². The summed E-state index contributed by atoms with van der Waals surface area (Å²) < 4.78 is 5.23. The zero-order valence-corrected chi connectivity index (χ0v) is 9.87. The van der Waals surface area contributed by atoms with E-state index in [2.05, 4.69) is 15.9 Å². The number of alkyl halides is 1. The zero-order chi connectivity index (χ0) is 10.6. The number of rotatable bonds is 4. The first-order valence-corrected chi connectivity index (χ1v) is 5.53. The van der Waals surface area contributed by atoms with Crippen molar-refractivity contribution in [1.29, 1.82) is 0 Å². The van der Waals surface area contributed by atoms with Crippen LogP contribution in [0.15, 0.2) is 18.2 Å². The van der Waals surface area contributed by atoms with E-state index in [1.54, 1.807) is 7.11 Å². The second-order valence-corrected chi connectivity index (χ2v) is 3.65. The number of ether oxygens (including phenoxy) is 1. The lowest BCUT2D eigenvalue weighted by molar-refractivity contribution is -0.108. The van der Waals surface area contributed by atoms with Crippen LogP contribution >= 0.6 is 15.9 Å². The third kappa shape index (κ3) is 2.15. The van der Waals surface area contributed by atoms with Crippen molar-refractivity contribution in [1.82, 2.24) is 0 Å². The van der Waals surface area contributed by atoms with Crippen LogP contribution in [0.25, 0.3) is 0 Å². The van der Waals surface area contributed by atoms with Crippen molar-refractivity contribution in [3.63, 3.8) is 0 Å². The van der Waals surface area contributed by atoms with Gasteiger partial charge in [0.05, 0.1) is 7.11 Å². The predicted molar refractivity (Wildman–Crippen MR) is 60.1 cm³/mol. The fourth-order valence-electron chi connectivity index (χ4n) is 1.47. The molecule has 1 rings (SSSR count). The van der Waals surface area contributed by atoms with Gasteiger partial charge in [0.2, 0.25) is 0 Å². The minimum atomic E-state index is -0.126. The Labute approximate surface area is 92.4 Å². The molecule has 1 aromatic rings. The van der Waals surface area contributed by atoms with Crippen LogP contribution in [0, 0.1) is 0 Å². The summed E-state index contributed by atoms with van der Waals surface area (Å²) in [6.07, 6.45) is 0.935. The molecule has 0 saturated heterocycles. The summed E-state index contributed by atoms with van der Waals surface area (Å²) >= 11 is 3.40. The summed E-state index contributed by atoms with van der Waals surface area (Å²) in [4.78, 5) is 10.8. The molecule has 0 N–H and O–H groups in total. The molecule has 0 spiro atoms. The number of carbonyl (C=O) groups is 1. The molecular formula is C11H13BrO2. The molecule has 76 valence electrons. The molecule has 0 heterocycles. The Morgan fingerprint density at radius 2 is 2.29 bits per heavy atom. The van der Waals surface area contributed by atoms with Gasteiger partial charge in [0.1, 0.15) is 12.0 Å². The average molecular weight is 257 g/mol. The molecule has 0 fully saturated rings. The molecule has 0 aliphatic carbocycles. The quantitative estimate of drug-likeness (QED) is 0.612. The highest BCUT2D eigenvalue weighted by Gasteiger charge is 2.14. The van der Waals surface area contributed by atoms with E-state index in [4.69, 9.17) is 4.74 Å². The normalized spacial score (nSPS) is 12.2. The van der Waals surface area contributed by atoms with Crippen LogP contribution in [0.2, 0.25) is 0 Å². The van der Waals surface area contributed by atoms with Crippen molar-refractivity contribution in [2.75, 3.05) is 7.11 Å². The molecule has 0 radical (unpaired) electrons. The molecule has 14 heavy (non-hydrogen) atoms. The van der Waals surface area contributed by atoms with Crippen molar-refractivity contribution in [3.8, 4) is 5.75 Å². The second kappa shape index (κ2) is 5.15. The van der Waals surface area contributed by atoms with E-state index >= 15 is 0 Å². The van der Waals surface area contributed by atoms with Crippen LogP contribution in [-0.2, 0) is 10.1 Å². The van der Waals surface area contributed by atoms with Crippen LogP contribution in [0.5, 0.6) is 5.75 Å². The third-order valence-electron chi connectivity index (χ3n) is 2.18. The summed E-state index contributed by atoms with van der Waals surface area (Å²) in [5, 5.41) is 0.734. The van der Waals surface area contributed by atoms with Crippen LogP contribution in [0.1, 0.15) is 24.0 Å². The fraction of sp³-hybridized carbons (Fsp3) is 0.364. The number of hydrogen-bond acceptors (Lipinski definition) is 2. The standard InChI is InChI=1S/C11H13BrO2/c1-8(7-13)11-9(6-12)4-3-5-10(11)14-2/h3-5,7-8H,6H2,1-2H3. The highest BCUT2D eigenvalue weighted by Crippen LogP contribution is 2.30. The summed E-state index contributed by atoms with van der Waals surface area (Å²) in [7, 11) is 1.62. The number of aldehydes is 1. The Balaban J connectivity index is 3.25. The smallest absolute Gasteiger partial charge is 0.127 e. The lowest BCUT2D eigenvalue weighted by Gasteiger charge is -2.14. The molecule has 1 aromatic carbocycles. The van der Waals surface area contributed by atoms with Gasteiger partial charge >= 0.3 is 0 Å². The molecule has 0 aromatic heterocycles. The summed E-state index contributed by atoms with van der Waals surface area (Å²) in [5.74, 6) is 0.653. The molecule has 0 aliphatic rings. The number of halogens is 1. The van der Waals surface area contributed by atoms with E-state index in [1.807, 2.05) is 25.1 Å². The highest BCUT2D eigenvalue weighted by atomic mass is 79.9. The maximum absolute atomic E-state index is 10.8. The Hall–Kier alpha value is -0.830. The first kappa shape index (κ1) is 11.2. The number of benzene rings is 1. The molecule has 1 unspecified atom stereocenters. The SMILES string of the molecule is COc1cccc(CBr)c1C(C)C=O. The first-order valence-electron chi connectivity index (χ1n) is 4.41. The molecular weight excluding hydrogens is 244 g/mol. The first-order chi connectivity index (χ1) is 6.74. The fourth-order valence-corrected chi connectivity index (χ4v) is 1.96. The summed E-state index contributed by atoms with van der Waals surface area (Å²) in [6.45, 7) is 1.87. The van der Waals surface area contributed by atoms with E-state index in [9.17, 15) is 4.79 Å². The summed E-state index contributed by atoms with van der Waals surface area (Å²) in [6, 6.07) is 5.80. The largest absolute Gasteiger partial charge is 0.496 e. The van der Waals surface area contributed by atoms with Crippen molar-refractivity contribution >= 4 is 22.2 Å². The van der Waals surface area contributed by atoms with E-state index in [0.29, 0.717) is 0 Å². The number of hydrogen-bond donors (Lipinski definition) is 0. The van der Waals surface area contributed by atoms with Crippen molar-refractivity contribution < 1.29 is 9.53 Å². The Bertz CT molecular complexity index is 301. The van der Waals surface area contributed by atoms with E-state index in [0.717, 1.165) is 28.5 Å². The molecule has 0 bridgehead atoms. The molecule has 0 saturated carbocycles. The molecule has 1 atom stereocenters. The molecule has 0 aliphatic heterocycles. The Kier molecular flexibility index (Phi) is 4.14. The topological polar surface area (TPSA) is 26.3 Å². The van der Waals surface area contributed by atoms with Crippen LogP contribution in [-0.4, -0.2) is 13.4 Å². The van der Waals surface area contributed by atoms with Gasteiger partial charge in [-0.3, -0.25) is 0 Å². The maximum Gasteiger partial charge on any atom is 0.127 e. The second-order valence-electron chi connectivity index (χ2n) is 3.09. The minimum Gasteiger partial charge on any atom is -0.496 e. The van der Waals surface area contributed by atoms with Gasteiger partial charge in [-0.15, -0.1) is 0 Å². The molecule has 0 amide bonds.